The van der Waals surface area contributed by atoms with E-state index >= 15 is 0 Å². The molecule has 3 aliphatic rings. The molecule has 0 aromatic rings. The van der Waals surface area contributed by atoms with Crippen molar-refractivity contribution in [2.24, 2.45) is 10.9 Å². The van der Waals surface area contributed by atoms with E-state index in [0.717, 1.165) is 22.9 Å². The second kappa shape index (κ2) is 2.89. The fourth-order valence-corrected chi connectivity index (χ4v) is 3.37. The van der Waals surface area contributed by atoms with E-state index in [4.69, 9.17) is 0 Å². The van der Waals surface area contributed by atoms with Gasteiger partial charge in [-0.2, -0.15) is 0 Å². The van der Waals surface area contributed by atoms with Gasteiger partial charge < -0.3 is 10.6 Å². The van der Waals surface area contributed by atoms with Gasteiger partial charge in [0.1, 0.15) is 0 Å². The summed E-state index contributed by atoms with van der Waals surface area (Å²) in [7, 11) is 1.95. The van der Waals surface area contributed by atoms with Gasteiger partial charge in [0.15, 0.2) is 5.17 Å². The standard InChI is InChI=1S/C9H15N3S/c1-10-9-12-8(4-13-9)7-3-5-2-6(5)11-7/h5-8,11H,2-4H2,1H3,(H,10,12)/t5-,6-,7-,8?/m1/s1. The molecule has 13 heavy (non-hydrogen) atoms. The lowest BCUT2D eigenvalue weighted by Gasteiger charge is -2.16. The summed E-state index contributed by atoms with van der Waals surface area (Å²) in [5.74, 6) is 2.15. The maximum Gasteiger partial charge on any atom is 0.156 e. The molecule has 4 heteroatoms. The number of piperidine rings is 1. The molecular weight excluding hydrogens is 182 g/mol. The van der Waals surface area contributed by atoms with Crippen molar-refractivity contribution >= 4 is 16.9 Å². The molecule has 0 aromatic carbocycles. The fourth-order valence-electron chi connectivity index (χ4n) is 2.38. The summed E-state index contributed by atoms with van der Waals surface area (Å²) in [6, 6.07) is 2.05. The molecule has 2 N–H and O–H groups in total. The molecule has 1 saturated carbocycles. The minimum absolute atomic E-state index is 0.528. The van der Waals surface area contributed by atoms with Gasteiger partial charge in [0.25, 0.3) is 0 Å². The third kappa shape index (κ3) is 1.36. The number of hydrogen-bond donors (Lipinski definition) is 2. The summed E-state index contributed by atoms with van der Waals surface area (Å²) in [6.45, 7) is 0. The van der Waals surface area contributed by atoms with E-state index in [1.54, 1.807) is 0 Å². The van der Waals surface area contributed by atoms with Crippen molar-refractivity contribution in [1.29, 1.82) is 0 Å². The molecule has 72 valence electrons. The fraction of sp³-hybridized carbons (Fsp3) is 0.889. The lowest BCUT2D eigenvalue weighted by Crippen LogP contribution is -2.36. The summed E-state index contributed by atoms with van der Waals surface area (Å²) in [4.78, 5) is 4.65. The smallest absolute Gasteiger partial charge is 0.156 e. The van der Waals surface area contributed by atoms with Crippen molar-refractivity contribution in [3.8, 4) is 0 Å². The SMILES string of the molecule is CNC1=NC([C@H]2C[C@H]3C[C@H]3N2)CS1. The van der Waals surface area contributed by atoms with Crippen LogP contribution in [-0.4, -0.2) is 36.1 Å². The molecule has 2 fully saturated rings. The minimum atomic E-state index is 0.528. The highest BCUT2D eigenvalue weighted by atomic mass is 32.2. The number of amidine groups is 1. The predicted octanol–water partition coefficient (Wildman–Crippen LogP) is 0.428. The Morgan fingerprint density at radius 3 is 2.92 bits per heavy atom. The van der Waals surface area contributed by atoms with Gasteiger partial charge in [-0.1, -0.05) is 11.8 Å². The predicted molar refractivity (Wildman–Crippen MR) is 56.2 cm³/mol. The van der Waals surface area contributed by atoms with Gasteiger partial charge in [-0.25, -0.2) is 0 Å². The van der Waals surface area contributed by atoms with Crippen molar-refractivity contribution in [3.05, 3.63) is 0 Å². The molecule has 1 saturated heterocycles. The van der Waals surface area contributed by atoms with E-state index in [1.165, 1.54) is 12.8 Å². The minimum Gasteiger partial charge on any atom is -0.368 e. The summed E-state index contributed by atoms with van der Waals surface area (Å²) < 4.78 is 0. The number of aliphatic imine (C=N–C) groups is 1. The lowest BCUT2D eigenvalue weighted by molar-refractivity contribution is 0.477. The zero-order valence-corrected chi connectivity index (χ0v) is 8.60. The molecule has 1 aliphatic carbocycles. The van der Waals surface area contributed by atoms with Crippen LogP contribution in [0.1, 0.15) is 12.8 Å². The summed E-state index contributed by atoms with van der Waals surface area (Å²) in [6.07, 6.45) is 2.77. The quantitative estimate of drug-likeness (QED) is 0.640. The summed E-state index contributed by atoms with van der Waals surface area (Å²) >= 11 is 1.85. The second-order valence-corrected chi connectivity index (χ2v) is 5.18. The van der Waals surface area contributed by atoms with Crippen LogP contribution in [0.2, 0.25) is 0 Å². The van der Waals surface area contributed by atoms with Crippen molar-refractivity contribution in [3.63, 3.8) is 0 Å². The Morgan fingerprint density at radius 2 is 2.31 bits per heavy atom. The maximum absolute atomic E-state index is 4.65. The lowest BCUT2D eigenvalue weighted by atomic mass is 10.1. The third-order valence-corrected chi connectivity index (χ3v) is 4.35. The molecule has 4 atom stereocenters. The van der Waals surface area contributed by atoms with E-state index in [9.17, 15) is 0 Å². The van der Waals surface area contributed by atoms with Crippen LogP contribution in [0.15, 0.2) is 4.99 Å². The Labute approximate surface area is 82.8 Å². The Bertz CT molecular complexity index is 243. The van der Waals surface area contributed by atoms with Gasteiger partial charge in [-0.3, -0.25) is 4.99 Å². The average Bonchev–Trinajstić information content (AvgIpc) is 2.67. The van der Waals surface area contributed by atoms with Crippen molar-refractivity contribution in [1.82, 2.24) is 10.6 Å². The number of thioether (sulfide) groups is 1. The Balaban J connectivity index is 1.64. The second-order valence-electron chi connectivity index (χ2n) is 4.17. The molecular formula is C9H15N3S. The highest BCUT2D eigenvalue weighted by Crippen LogP contribution is 2.42. The largest absolute Gasteiger partial charge is 0.368 e. The number of rotatable bonds is 1. The van der Waals surface area contributed by atoms with Crippen LogP contribution in [0.3, 0.4) is 0 Å². The highest BCUT2D eigenvalue weighted by Gasteiger charge is 2.48. The number of hydrogen-bond acceptors (Lipinski definition) is 4. The molecule has 0 radical (unpaired) electrons. The third-order valence-electron chi connectivity index (χ3n) is 3.26. The zero-order chi connectivity index (χ0) is 8.84. The van der Waals surface area contributed by atoms with Crippen LogP contribution < -0.4 is 10.6 Å². The Morgan fingerprint density at radius 1 is 1.46 bits per heavy atom. The van der Waals surface area contributed by atoms with E-state index in [1.807, 2.05) is 18.8 Å². The normalized spacial score (nSPS) is 47.3. The first-order chi connectivity index (χ1) is 6.36. The molecule has 3 rings (SSSR count). The van der Waals surface area contributed by atoms with Gasteiger partial charge in [0.05, 0.1) is 6.04 Å². The van der Waals surface area contributed by atoms with E-state index < -0.39 is 0 Å². The Hall–Kier alpha value is -0.220. The van der Waals surface area contributed by atoms with Crippen LogP contribution in [0.4, 0.5) is 0 Å². The van der Waals surface area contributed by atoms with Crippen molar-refractivity contribution < 1.29 is 0 Å². The highest BCUT2D eigenvalue weighted by molar-refractivity contribution is 8.14. The molecule has 0 amide bonds. The van der Waals surface area contributed by atoms with E-state index in [2.05, 4.69) is 15.6 Å². The van der Waals surface area contributed by atoms with Gasteiger partial charge in [0.2, 0.25) is 0 Å². The van der Waals surface area contributed by atoms with Crippen LogP contribution in [0, 0.1) is 5.92 Å². The zero-order valence-electron chi connectivity index (χ0n) is 7.79. The molecule has 0 spiro atoms. The van der Waals surface area contributed by atoms with Crippen LogP contribution >= 0.6 is 11.8 Å². The van der Waals surface area contributed by atoms with Gasteiger partial charge in [-0.15, -0.1) is 0 Å². The van der Waals surface area contributed by atoms with Crippen molar-refractivity contribution in [2.45, 2.75) is 31.0 Å². The van der Waals surface area contributed by atoms with E-state index in [0.29, 0.717) is 12.1 Å². The van der Waals surface area contributed by atoms with Gasteiger partial charge in [-0.05, 0) is 18.8 Å². The topological polar surface area (TPSA) is 36.4 Å². The van der Waals surface area contributed by atoms with Gasteiger partial charge >= 0.3 is 0 Å². The molecule has 2 heterocycles. The molecule has 0 aromatic heterocycles. The monoisotopic (exact) mass is 197 g/mol. The molecule has 2 aliphatic heterocycles. The summed E-state index contributed by atoms with van der Waals surface area (Å²) in [5, 5.41) is 7.91. The van der Waals surface area contributed by atoms with Gasteiger partial charge in [0, 0.05) is 24.9 Å². The molecule has 0 bridgehead atoms. The van der Waals surface area contributed by atoms with Crippen molar-refractivity contribution in [2.75, 3.05) is 12.8 Å². The average molecular weight is 197 g/mol. The number of fused-ring (bicyclic) bond motifs is 1. The molecule has 1 unspecified atom stereocenters. The number of nitrogens with zero attached hydrogens (tertiary/aromatic N) is 1. The Kier molecular flexibility index (Phi) is 1.80. The number of nitrogens with one attached hydrogen (secondary N) is 2. The first-order valence-corrected chi connectivity index (χ1v) is 6.00. The van der Waals surface area contributed by atoms with Crippen LogP contribution in [0.25, 0.3) is 0 Å². The van der Waals surface area contributed by atoms with Crippen LogP contribution in [0.5, 0.6) is 0 Å². The first kappa shape index (κ1) is 8.12. The van der Waals surface area contributed by atoms with Crippen LogP contribution in [-0.2, 0) is 0 Å². The summed E-state index contributed by atoms with van der Waals surface area (Å²) in [5.41, 5.74) is 0. The maximum atomic E-state index is 4.65. The first-order valence-electron chi connectivity index (χ1n) is 5.01. The molecule has 3 nitrogen and oxygen atoms in total. The van der Waals surface area contributed by atoms with E-state index in [-0.39, 0.29) is 0 Å².